The van der Waals surface area contributed by atoms with Crippen LogP contribution in [0.2, 0.25) is 0 Å². The molecule has 0 aliphatic rings. The van der Waals surface area contributed by atoms with Crippen LogP contribution in [0.5, 0.6) is 17.2 Å². The van der Waals surface area contributed by atoms with Crippen LogP contribution in [0.15, 0.2) is 42.5 Å². The smallest absolute Gasteiger partial charge is 0.204 e. The van der Waals surface area contributed by atoms with Crippen LogP contribution in [0.4, 0.5) is 0 Å². The summed E-state index contributed by atoms with van der Waals surface area (Å²) in [6.45, 7) is 10.7. The van der Waals surface area contributed by atoms with Crippen LogP contribution in [0.25, 0.3) is 6.08 Å². The molecule has 2 rings (SSSR count). The molecule has 4 heteroatoms. The second-order valence-corrected chi connectivity index (χ2v) is 10.3. The van der Waals surface area contributed by atoms with E-state index in [1.54, 1.807) is 6.08 Å². The first-order chi connectivity index (χ1) is 19.2. The van der Waals surface area contributed by atoms with E-state index in [0.717, 1.165) is 61.8 Å². The van der Waals surface area contributed by atoms with Crippen molar-refractivity contribution < 1.29 is 19.0 Å². The minimum atomic E-state index is -0.0270. The zero-order valence-corrected chi connectivity index (χ0v) is 25.1. The van der Waals surface area contributed by atoms with Gasteiger partial charge in [0, 0.05) is 11.1 Å². The summed E-state index contributed by atoms with van der Waals surface area (Å²) in [4.78, 5) is 12.9. The first-order valence-corrected chi connectivity index (χ1v) is 15.5. The van der Waals surface area contributed by atoms with Crippen molar-refractivity contribution in [1.29, 1.82) is 0 Å². The number of hydrogen-bond donors (Lipinski definition) is 0. The fraction of sp³-hybridized carbons (Fsp3) is 0.571. The molecule has 0 radical (unpaired) electrons. The molecule has 0 bridgehead atoms. The molecule has 0 heterocycles. The number of benzene rings is 2. The fourth-order valence-electron chi connectivity index (χ4n) is 4.50. The summed E-state index contributed by atoms with van der Waals surface area (Å²) >= 11 is 0. The summed E-state index contributed by atoms with van der Waals surface area (Å²) in [7, 11) is 0. The molecule has 0 amide bonds. The Kier molecular flexibility index (Phi) is 16.8. The summed E-state index contributed by atoms with van der Waals surface area (Å²) in [5, 5.41) is 0. The molecule has 0 fully saturated rings. The normalized spacial score (nSPS) is 11.2. The molecule has 2 aromatic rings. The lowest BCUT2D eigenvalue weighted by molar-refractivity contribution is 0.104. The van der Waals surface area contributed by atoms with Crippen LogP contribution in [0.3, 0.4) is 0 Å². The minimum Gasteiger partial charge on any atom is -0.489 e. The second-order valence-electron chi connectivity index (χ2n) is 10.3. The Morgan fingerprint density at radius 1 is 0.641 bits per heavy atom. The molecule has 0 aromatic heterocycles. The summed E-state index contributed by atoms with van der Waals surface area (Å²) in [6.07, 6.45) is 18.0. The predicted molar refractivity (Wildman–Crippen MR) is 165 cm³/mol. The fourth-order valence-corrected chi connectivity index (χ4v) is 4.50. The third kappa shape index (κ3) is 11.9. The largest absolute Gasteiger partial charge is 0.489 e. The average molecular weight is 537 g/mol. The zero-order chi connectivity index (χ0) is 28.1. The Balaban J connectivity index is 2.43. The maximum absolute atomic E-state index is 12.9. The molecular weight excluding hydrogens is 484 g/mol. The van der Waals surface area contributed by atoms with Crippen molar-refractivity contribution in [3.05, 3.63) is 59.2 Å². The number of ether oxygens (including phenoxy) is 3. The van der Waals surface area contributed by atoms with Gasteiger partial charge in [0.05, 0.1) is 19.8 Å². The Labute approximate surface area is 238 Å². The highest BCUT2D eigenvalue weighted by Crippen LogP contribution is 2.44. The van der Waals surface area contributed by atoms with Crippen molar-refractivity contribution >= 4 is 11.9 Å². The lowest BCUT2D eigenvalue weighted by atomic mass is 10.0. The lowest BCUT2D eigenvalue weighted by Crippen LogP contribution is -2.09. The van der Waals surface area contributed by atoms with E-state index in [2.05, 4.69) is 33.8 Å². The van der Waals surface area contributed by atoms with E-state index in [1.807, 2.05) is 36.4 Å². The van der Waals surface area contributed by atoms with E-state index in [9.17, 15) is 4.79 Å². The van der Waals surface area contributed by atoms with Gasteiger partial charge in [0.25, 0.3) is 0 Å². The van der Waals surface area contributed by atoms with Gasteiger partial charge >= 0.3 is 0 Å². The monoisotopic (exact) mass is 536 g/mol. The number of hydrogen-bond acceptors (Lipinski definition) is 4. The first-order valence-electron chi connectivity index (χ1n) is 15.5. The highest BCUT2D eigenvalue weighted by atomic mass is 16.5. The number of unbranched alkanes of at least 4 members (excludes halogenated alkanes) is 9. The molecule has 2 aromatic carbocycles. The quantitative estimate of drug-likeness (QED) is 0.0853. The van der Waals surface area contributed by atoms with Crippen LogP contribution in [0.1, 0.15) is 126 Å². The predicted octanol–water partition coefficient (Wildman–Crippen LogP) is 10.0. The first kappa shape index (κ1) is 32.5. The van der Waals surface area contributed by atoms with Gasteiger partial charge in [0.2, 0.25) is 5.75 Å². The van der Waals surface area contributed by atoms with Crippen molar-refractivity contribution in [2.45, 2.75) is 111 Å². The second kappa shape index (κ2) is 20.2. The maximum Gasteiger partial charge on any atom is 0.204 e. The molecule has 0 spiro atoms. The molecule has 0 atom stereocenters. The topological polar surface area (TPSA) is 44.8 Å². The molecule has 0 aliphatic heterocycles. The Morgan fingerprint density at radius 2 is 1.15 bits per heavy atom. The van der Waals surface area contributed by atoms with Crippen LogP contribution >= 0.6 is 0 Å². The average Bonchev–Trinajstić information content (AvgIpc) is 2.96. The zero-order valence-electron chi connectivity index (χ0n) is 25.1. The van der Waals surface area contributed by atoms with Crippen molar-refractivity contribution in [3.63, 3.8) is 0 Å². The van der Waals surface area contributed by atoms with Gasteiger partial charge in [0.15, 0.2) is 17.3 Å². The van der Waals surface area contributed by atoms with Crippen molar-refractivity contribution in [2.24, 2.45) is 0 Å². The molecule has 39 heavy (non-hydrogen) atoms. The van der Waals surface area contributed by atoms with Crippen molar-refractivity contribution in [2.75, 3.05) is 19.8 Å². The van der Waals surface area contributed by atoms with Crippen LogP contribution in [0, 0.1) is 0 Å². The van der Waals surface area contributed by atoms with E-state index in [-0.39, 0.29) is 5.78 Å². The summed E-state index contributed by atoms with van der Waals surface area (Å²) in [5.74, 6) is 2.17. The number of carbonyl (C=O) groups is 1. The third-order valence-electron chi connectivity index (χ3n) is 6.88. The number of allylic oxidation sites excluding steroid dienone is 1. The van der Waals surface area contributed by atoms with E-state index < -0.39 is 0 Å². The van der Waals surface area contributed by atoms with Crippen LogP contribution in [-0.2, 0) is 6.42 Å². The Hall–Kier alpha value is -2.75. The standard InChI is InChI=1S/C35H52O4/c1-5-9-12-18-25-37-33-29(8-4)28-31(23-24-32(36)30-21-16-15-17-22-30)34(38-26-19-13-10-6-2)35(33)39-27-20-14-11-7-3/h15-17,21-24,28H,5-14,18-20,25-27H2,1-4H3. The minimum absolute atomic E-state index is 0.0270. The van der Waals surface area contributed by atoms with E-state index in [4.69, 9.17) is 14.2 Å². The maximum atomic E-state index is 12.9. The molecule has 0 aliphatic carbocycles. The van der Waals surface area contributed by atoms with E-state index in [0.29, 0.717) is 36.9 Å². The SMILES string of the molecule is CCCCCCOc1c(C=CC(=O)c2ccccc2)cc(CC)c(OCCCCCC)c1OCCCCCC. The van der Waals surface area contributed by atoms with Crippen molar-refractivity contribution in [3.8, 4) is 17.2 Å². The summed E-state index contributed by atoms with van der Waals surface area (Å²) in [5.41, 5.74) is 2.62. The summed E-state index contributed by atoms with van der Waals surface area (Å²) < 4.78 is 19.3. The molecule has 0 saturated carbocycles. The molecule has 4 nitrogen and oxygen atoms in total. The van der Waals surface area contributed by atoms with Gasteiger partial charge in [-0.3, -0.25) is 4.79 Å². The number of rotatable bonds is 22. The third-order valence-corrected chi connectivity index (χ3v) is 6.88. The van der Waals surface area contributed by atoms with E-state index >= 15 is 0 Å². The van der Waals surface area contributed by atoms with Crippen molar-refractivity contribution in [1.82, 2.24) is 0 Å². The highest BCUT2D eigenvalue weighted by Gasteiger charge is 2.21. The van der Waals surface area contributed by atoms with Crippen LogP contribution < -0.4 is 14.2 Å². The number of ketones is 1. The molecule has 0 N–H and O–H groups in total. The number of carbonyl (C=O) groups excluding carboxylic acids is 1. The Morgan fingerprint density at radius 3 is 1.67 bits per heavy atom. The molecule has 216 valence electrons. The van der Waals surface area contributed by atoms with Gasteiger partial charge < -0.3 is 14.2 Å². The molecular formula is C35H52O4. The van der Waals surface area contributed by atoms with Gasteiger partial charge in [-0.1, -0.05) is 116 Å². The highest BCUT2D eigenvalue weighted by molar-refractivity contribution is 6.07. The number of aryl methyl sites for hydroxylation is 1. The van der Waals surface area contributed by atoms with Gasteiger partial charge in [-0.05, 0) is 49.5 Å². The van der Waals surface area contributed by atoms with Crippen LogP contribution in [-0.4, -0.2) is 25.6 Å². The Bertz CT molecular complexity index is 964. The van der Waals surface area contributed by atoms with E-state index in [1.165, 1.54) is 38.5 Å². The van der Waals surface area contributed by atoms with Gasteiger partial charge in [-0.15, -0.1) is 0 Å². The molecule has 0 unspecified atom stereocenters. The summed E-state index contributed by atoms with van der Waals surface area (Å²) in [6, 6.07) is 11.5. The van der Waals surface area contributed by atoms with Gasteiger partial charge in [-0.2, -0.15) is 0 Å². The lowest BCUT2D eigenvalue weighted by Gasteiger charge is -2.22. The van der Waals surface area contributed by atoms with Gasteiger partial charge in [0.1, 0.15) is 0 Å². The van der Waals surface area contributed by atoms with Gasteiger partial charge in [-0.25, -0.2) is 0 Å². The molecule has 0 saturated heterocycles.